The van der Waals surface area contributed by atoms with Gasteiger partial charge in [-0.15, -0.1) is 0 Å². The number of nitrogens with one attached hydrogen (secondary N) is 1. The fraction of sp³-hybridized carbons (Fsp3) is 0.0870. The second-order valence-electron chi connectivity index (χ2n) is 6.50. The normalized spacial score (nSPS) is 10.5. The van der Waals surface area contributed by atoms with Crippen molar-refractivity contribution >= 4 is 28.7 Å². The van der Waals surface area contributed by atoms with E-state index < -0.39 is 17.6 Å². The standard InChI is InChI=1S/C23H17N3O6/c1-2-30-23(29)25-18-12-15(31-22(28)14-6-5-11-24-13-14)9-10-16(18)21-26-20(27)17-7-3-4-8-19(17)32-21/h3-13H,2H2,1H3,(H,25,29). The van der Waals surface area contributed by atoms with Crippen LogP contribution in [-0.4, -0.2) is 28.6 Å². The van der Waals surface area contributed by atoms with Gasteiger partial charge in [0.05, 0.1) is 28.8 Å². The van der Waals surface area contributed by atoms with Crippen LogP contribution >= 0.6 is 0 Å². The summed E-state index contributed by atoms with van der Waals surface area (Å²) in [5.74, 6) is -0.480. The SMILES string of the molecule is CCOC(=O)Nc1cc(OC(=O)c2cccnc2)ccc1-c1nc(=O)c2ccccc2o1. The van der Waals surface area contributed by atoms with Crippen LogP contribution in [0.3, 0.4) is 0 Å². The Morgan fingerprint density at radius 3 is 2.72 bits per heavy atom. The van der Waals surface area contributed by atoms with Gasteiger partial charge in [0.1, 0.15) is 11.3 Å². The maximum absolute atomic E-state index is 12.4. The highest BCUT2D eigenvalue weighted by Gasteiger charge is 2.17. The average molecular weight is 431 g/mol. The molecule has 1 N–H and O–H groups in total. The first-order valence-corrected chi connectivity index (χ1v) is 9.65. The Morgan fingerprint density at radius 1 is 1.09 bits per heavy atom. The van der Waals surface area contributed by atoms with E-state index in [0.29, 0.717) is 16.5 Å². The van der Waals surface area contributed by atoms with Gasteiger partial charge in [-0.05, 0) is 43.3 Å². The minimum absolute atomic E-state index is 0.00867. The first-order valence-electron chi connectivity index (χ1n) is 9.65. The summed E-state index contributed by atoms with van der Waals surface area (Å²) in [6.45, 7) is 1.82. The molecule has 9 nitrogen and oxygen atoms in total. The highest BCUT2D eigenvalue weighted by atomic mass is 16.5. The molecule has 0 bridgehead atoms. The molecule has 9 heteroatoms. The number of pyridine rings is 1. The van der Waals surface area contributed by atoms with Crippen molar-refractivity contribution in [2.75, 3.05) is 11.9 Å². The lowest BCUT2D eigenvalue weighted by atomic mass is 10.1. The number of nitrogens with zero attached hydrogens (tertiary/aromatic N) is 2. The highest BCUT2D eigenvalue weighted by Crippen LogP contribution is 2.32. The number of ether oxygens (including phenoxy) is 2. The molecule has 160 valence electrons. The summed E-state index contributed by atoms with van der Waals surface area (Å²) in [7, 11) is 0. The van der Waals surface area contributed by atoms with Gasteiger partial charge in [0.2, 0.25) is 5.89 Å². The lowest BCUT2D eigenvalue weighted by Gasteiger charge is -2.12. The second kappa shape index (κ2) is 9.09. The molecule has 32 heavy (non-hydrogen) atoms. The van der Waals surface area contributed by atoms with Crippen molar-refractivity contribution in [1.82, 2.24) is 9.97 Å². The maximum atomic E-state index is 12.4. The topological polar surface area (TPSA) is 121 Å². The van der Waals surface area contributed by atoms with Gasteiger partial charge in [-0.3, -0.25) is 15.1 Å². The van der Waals surface area contributed by atoms with Gasteiger partial charge in [-0.1, -0.05) is 12.1 Å². The van der Waals surface area contributed by atoms with Crippen LogP contribution in [0.5, 0.6) is 5.75 Å². The van der Waals surface area contributed by atoms with Crippen LogP contribution < -0.4 is 15.6 Å². The van der Waals surface area contributed by atoms with Gasteiger partial charge >= 0.3 is 12.1 Å². The Bertz CT molecular complexity index is 1350. The summed E-state index contributed by atoms with van der Waals surface area (Å²) in [4.78, 5) is 44.7. The summed E-state index contributed by atoms with van der Waals surface area (Å²) >= 11 is 0. The van der Waals surface area contributed by atoms with Crippen LogP contribution in [0.25, 0.3) is 22.4 Å². The van der Waals surface area contributed by atoms with E-state index in [1.807, 2.05) is 0 Å². The summed E-state index contributed by atoms with van der Waals surface area (Å²) in [6, 6.07) is 14.3. The molecular formula is C23H17N3O6. The molecule has 0 spiro atoms. The molecule has 2 heterocycles. The Morgan fingerprint density at radius 2 is 1.94 bits per heavy atom. The fourth-order valence-electron chi connectivity index (χ4n) is 2.93. The van der Waals surface area contributed by atoms with E-state index >= 15 is 0 Å². The first kappa shape index (κ1) is 20.7. The zero-order valence-corrected chi connectivity index (χ0v) is 16.9. The number of fused-ring (bicyclic) bond motifs is 1. The maximum Gasteiger partial charge on any atom is 0.411 e. The number of para-hydroxylation sites is 1. The highest BCUT2D eigenvalue weighted by molar-refractivity contribution is 5.93. The van der Waals surface area contributed by atoms with Gasteiger partial charge in [0, 0.05) is 18.5 Å². The number of carbonyl (C=O) groups is 2. The van der Waals surface area contributed by atoms with Crippen molar-refractivity contribution in [3.63, 3.8) is 0 Å². The zero-order chi connectivity index (χ0) is 22.5. The molecule has 4 rings (SSSR count). The molecule has 0 fully saturated rings. The number of amides is 1. The van der Waals surface area contributed by atoms with Gasteiger partial charge < -0.3 is 13.9 Å². The van der Waals surface area contributed by atoms with E-state index in [9.17, 15) is 14.4 Å². The Kier molecular flexibility index (Phi) is 5.89. The number of hydrogen-bond donors (Lipinski definition) is 1. The summed E-state index contributed by atoms with van der Waals surface area (Å²) in [6.07, 6.45) is 2.19. The predicted octanol–water partition coefficient (Wildman–Crippen LogP) is 4.04. The van der Waals surface area contributed by atoms with Crippen LogP contribution in [0, 0.1) is 0 Å². The van der Waals surface area contributed by atoms with Crippen LogP contribution in [0.4, 0.5) is 10.5 Å². The Hall–Kier alpha value is -4.53. The molecule has 4 aromatic rings. The molecule has 0 aliphatic rings. The Balaban J connectivity index is 1.74. The fourth-order valence-corrected chi connectivity index (χ4v) is 2.93. The lowest BCUT2D eigenvalue weighted by Crippen LogP contribution is -2.15. The van der Waals surface area contributed by atoms with Crippen molar-refractivity contribution < 1.29 is 23.5 Å². The van der Waals surface area contributed by atoms with E-state index in [1.54, 1.807) is 43.3 Å². The van der Waals surface area contributed by atoms with Crippen molar-refractivity contribution in [1.29, 1.82) is 0 Å². The van der Waals surface area contributed by atoms with E-state index in [0.717, 1.165) is 0 Å². The van der Waals surface area contributed by atoms with Crippen molar-refractivity contribution in [3.05, 3.63) is 82.9 Å². The molecule has 0 atom stereocenters. The van der Waals surface area contributed by atoms with Crippen molar-refractivity contribution in [2.24, 2.45) is 0 Å². The van der Waals surface area contributed by atoms with Gasteiger partial charge in [-0.2, -0.15) is 4.98 Å². The zero-order valence-electron chi connectivity index (χ0n) is 16.9. The van der Waals surface area contributed by atoms with Gasteiger partial charge in [0.15, 0.2) is 0 Å². The molecule has 1 amide bonds. The largest absolute Gasteiger partial charge is 0.450 e. The summed E-state index contributed by atoms with van der Waals surface area (Å²) in [5.41, 5.74) is 0.624. The molecule has 0 aliphatic carbocycles. The van der Waals surface area contributed by atoms with E-state index in [-0.39, 0.29) is 29.5 Å². The molecule has 2 aromatic carbocycles. The molecule has 0 aliphatic heterocycles. The second-order valence-corrected chi connectivity index (χ2v) is 6.50. The van der Waals surface area contributed by atoms with E-state index in [4.69, 9.17) is 13.9 Å². The number of benzene rings is 2. The minimum Gasteiger partial charge on any atom is -0.450 e. The van der Waals surface area contributed by atoms with Crippen LogP contribution in [0.1, 0.15) is 17.3 Å². The molecule has 0 saturated carbocycles. The number of hydrogen-bond acceptors (Lipinski definition) is 8. The Labute approximate surface area is 181 Å². The van der Waals surface area contributed by atoms with Crippen LogP contribution in [0.2, 0.25) is 0 Å². The monoisotopic (exact) mass is 431 g/mol. The number of anilines is 1. The molecule has 0 radical (unpaired) electrons. The third-order valence-corrected chi connectivity index (χ3v) is 4.37. The van der Waals surface area contributed by atoms with Gasteiger partial charge in [-0.25, -0.2) is 9.59 Å². The quantitative estimate of drug-likeness (QED) is 0.371. The minimum atomic E-state index is -0.729. The van der Waals surface area contributed by atoms with Crippen molar-refractivity contribution in [2.45, 2.75) is 6.92 Å². The number of carbonyl (C=O) groups excluding carboxylic acids is 2. The van der Waals surface area contributed by atoms with Gasteiger partial charge in [0.25, 0.3) is 5.56 Å². The summed E-state index contributed by atoms with van der Waals surface area (Å²) < 4.78 is 16.1. The van der Waals surface area contributed by atoms with E-state index in [1.165, 1.54) is 30.6 Å². The number of esters is 1. The van der Waals surface area contributed by atoms with E-state index in [2.05, 4.69) is 15.3 Å². The molecular weight excluding hydrogens is 414 g/mol. The number of aromatic nitrogens is 2. The lowest BCUT2D eigenvalue weighted by molar-refractivity contribution is 0.0734. The predicted molar refractivity (Wildman–Crippen MR) is 116 cm³/mol. The third kappa shape index (κ3) is 4.46. The van der Waals surface area contributed by atoms with Crippen LogP contribution in [-0.2, 0) is 4.74 Å². The van der Waals surface area contributed by atoms with Crippen LogP contribution in [0.15, 0.2) is 76.2 Å². The number of rotatable bonds is 5. The first-order chi connectivity index (χ1) is 15.5. The average Bonchev–Trinajstić information content (AvgIpc) is 2.80. The smallest absolute Gasteiger partial charge is 0.411 e. The third-order valence-electron chi connectivity index (χ3n) is 4.37. The van der Waals surface area contributed by atoms with Crippen molar-refractivity contribution in [3.8, 4) is 17.2 Å². The summed E-state index contributed by atoms with van der Waals surface area (Å²) in [5, 5.41) is 2.90. The molecule has 0 saturated heterocycles. The molecule has 0 unspecified atom stereocenters. The molecule has 2 aromatic heterocycles.